The summed E-state index contributed by atoms with van der Waals surface area (Å²) in [6, 6.07) is 9.88. The summed E-state index contributed by atoms with van der Waals surface area (Å²) >= 11 is 0. The fourth-order valence-electron chi connectivity index (χ4n) is 1.73. The van der Waals surface area contributed by atoms with E-state index >= 15 is 0 Å². The SMILES string of the molecule is Nc1ccn(-c2cccc3cc[nH]c23)n1. The molecule has 0 saturated carbocycles. The highest BCUT2D eigenvalue weighted by Crippen LogP contribution is 2.20. The zero-order chi connectivity index (χ0) is 10.3. The van der Waals surface area contributed by atoms with E-state index in [0.29, 0.717) is 5.82 Å². The van der Waals surface area contributed by atoms with Gasteiger partial charge >= 0.3 is 0 Å². The summed E-state index contributed by atoms with van der Waals surface area (Å²) in [4.78, 5) is 3.19. The fraction of sp³-hybridized carbons (Fsp3) is 0. The third-order valence-electron chi connectivity index (χ3n) is 2.42. The number of H-pyrrole nitrogens is 1. The molecule has 0 fully saturated rings. The van der Waals surface area contributed by atoms with Crippen molar-refractivity contribution < 1.29 is 0 Å². The molecule has 2 aromatic heterocycles. The van der Waals surface area contributed by atoms with Gasteiger partial charge in [0.1, 0.15) is 5.82 Å². The minimum atomic E-state index is 0.526. The highest BCUT2D eigenvalue weighted by molar-refractivity contribution is 5.86. The summed E-state index contributed by atoms with van der Waals surface area (Å²) in [5.74, 6) is 0.526. The lowest BCUT2D eigenvalue weighted by Gasteiger charge is -2.02. The van der Waals surface area contributed by atoms with Gasteiger partial charge in [0, 0.05) is 23.8 Å². The van der Waals surface area contributed by atoms with Crippen molar-refractivity contribution >= 4 is 16.7 Å². The van der Waals surface area contributed by atoms with Crippen molar-refractivity contribution in [3.8, 4) is 5.69 Å². The maximum atomic E-state index is 5.59. The summed E-state index contributed by atoms with van der Waals surface area (Å²) in [5.41, 5.74) is 7.67. The Morgan fingerprint density at radius 1 is 1.20 bits per heavy atom. The van der Waals surface area contributed by atoms with E-state index in [4.69, 9.17) is 5.73 Å². The number of nitrogens with one attached hydrogen (secondary N) is 1. The normalized spacial score (nSPS) is 10.9. The van der Waals surface area contributed by atoms with Gasteiger partial charge in [-0.05, 0) is 12.1 Å². The van der Waals surface area contributed by atoms with Crippen molar-refractivity contribution in [1.82, 2.24) is 14.8 Å². The molecule has 0 bridgehead atoms. The predicted octanol–water partition coefficient (Wildman–Crippen LogP) is 1.94. The molecule has 4 heteroatoms. The maximum Gasteiger partial charge on any atom is 0.145 e. The van der Waals surface area contributed by atoms with Crippen LogP contribution in [0.3, 0.4) is 0 Å². The number of hydrogen-bond acceptors (Lipinski definition) is 2. The first kappa shape index (κ1) is 8.11. The Bertz CT molecular complexity index is 606. The Balaban J connectivity index is 2.30. The molecule has 0 aliphatic heterocycles. The molecule has 0 saturated heterocycles. The van der Waals surface area contributed by atoms with Gasteiger partial charge in [0.25, 0.3) is 0 Å². The number of fused-ring (bicyclic) bond motifs is 1. The molecule has 1 aromatic carbocycles. The van der Waals surface area contributed by atoms with Crippen molar-refractivity contribution in [1.29, 1.82) is 0 Å². The molecule has 0 spiro atoms. The van der Waals surface area contributed by atoms with Crippen molar-refractivity contribution in [2.75, 3.05) is 5.73 Å². The average Bonchev–Trinajstić information content (AvgIpc) is 2.84. The van der Waals surface area contributed by atoms with E-state index in [0.717, 1.165) is 11.2 Å². The zero-order valence-electron chi connectivity index (χ0n) is 8.01. The Hall–Kier alpha value is -2.23. The second-order valence-electron chi connectivity index (χ2n) is 3.40. The van der Waals surface area contributed by atoms with Crippen molar-refractivity contribution in [2.24, 2.45) is 0 Å². The molecule has 15 heavy (non-hydrogen) atoms. The molecule has 0 aliphatic rings. The molecule has 0 aliphatic carbocycles. The van der Waals surface area contributed by atoms with Crippen molar-refractivity contribution in [3.05, 3.63) is 42.7 Å². The highest BCUT2D eigenvalue weighted by atomic mass is 15.3. The molecule has 3 N–H and O–H groups in total. The summed E-state index contributed by atoms with van der Waals surface area (Å²) in [7, 11) is 0. The van der Waals surface area contributed by atoms with E-state index < -0.39 is 0 Å². The van der Waals surface area contributed by atoms with Crippen LogP contribution >= 0.6 is 0 Å². The van der Waals surface area contributed by atoms with Gasteiger partial charge in [-0.3, -0.25) is 0 Å². The van der Waals surface area contributed by atoms with Crippen LogP contribution in [0.2, 0.25) is 0 Å². The number of hydrogen-bond donors (Lipinski definition) is 2. The molecule has 0 radical (unpaired) electrons. The highest BCUT2D eigenvalue weighted by Gasteiger charge is 2.04. The number of nitrogens with zero attached hydrogens (tertiary/aromatic N) is 2. The first-order chi connectivity index (χ1) is 7.34. The Morgan fingerprint density at radius 3 is 2.93 bits per heavy atom. The average molecular weight is 198 g/mol. The molecule has 0 atom stereocenters. The molecule has 74 valence electrons. The lowest BCUT2D eigenvalue weighted by molar-refractivity contribution is 0.891. The third kappa shape index (κ3) is 1.19. The van der Waals surface area contributed by atoms with Crippen LogP contribution in [0.1, 0.15) is 0 Å². The minimum Gasteiger partial charge on any atom is -0.382 e. The topological polar surface area (TPSA) is 59.6 Å². The van der Waals surface area contributed by atoms with Crippen LogP contribution in [0.5, 0.6) is 0 Å². The molecular formula is C11H10N4. The maximum absolute atomic E-state index is 5.59. The second kappa shape index (κ2) is 2.88. The van der Waals surface area contributed by atoms with Crippen LogP contribution in [-0.4, -0.2) is 14.8 Å². The number of benzene rings is 1. The lowest BCUT2D eigenvalue weighted by atomic mass is 10.2. The van der Waals surface area contributed by atoms with E-state index in [1.165, 1.54) is 5.39 Å². The first-order valence-corrected chi connectivity index (χ1v) is 4.72. The van der Waals surface area contributed by atoms with Crippen LogP contribution < -0.4 is 5.73 Å². The first-order valence-electron chi connectivity index (χ1n) is 4.72. The van der Waals surface area contributed by atoms with Gasteiger partial charge in [-0.1, -0.05) is 12.1 Å². The summed E-state index contributed by atoms with van der Waals surface area (Å²) < 4.78 is 1.77. The summed E-state index contributed by atoms with van der Waals surface area (Å²) in [6.45, 7) is 0. The van der Waals surface area contributed by atoms with Gasteiger partial charge in [0.2, 0.25) is 0 Å². The number of aromatic nitrogens is 3. The Kier molecular flexibility index (Phi) is 1.56. The zero-order valence-corrected chi connectivity index (χ0v) is 8.01. The smallest absolute Gasteiger partial charge is 0.145 e. The third-order valence-corrected chi connectivity index (χ3v) is 2.42. The van der Waals surface area contributed by atoms with E-state index in [2.05, 4.69) is 16.1 Å². The van der Waals surface area contributed by atoms with Gasteiger partial charge in [-0.15, -0.1) is 0 Å². The largest absolute Gasteiger partial charge is 0.382 e. The summed E-state index contributed by atoms with van der Waals surface area (Å²) in [5, 5.41) is 5.35. The predicted molar refractivity (Wildman–Crippen MR) is 59.8 cm³/mol. The number of aromatic amines is 1. The molecule has 0 unspecified atom stereocenters. The molecular weight excluding hydrogens is 188 g/mol. The standard InChI is InChI=1S/C11H10N4/c12-10-5-7-15(14-10)9-3-1-2-8-4-6-13-11(8)9/h1-7,13H,(H2,12,14). The molecule has 3 rings (SSSR count). The van der Waals surface area contributed by atoms with E-state index in [9.17, 15) is 0 Å². The van der Waals surface area contributed by atoms with Gasteiger partial charge in [0.05, 0.1) is 11.2 Å². The number of nitrogens with two attached hydrogens (primary N) is 1. The van der Waals surface area contributed by atoms with Crippen molar-refractivity contribution in [3.63, 3.8) is 0 Å². The number of nitrogen functional groups attached to an aromatic ring is 1. The molecule has 0 amide bonds. The van der Waals surface area contributed by atoms with Gasteiger partial charge in [-0.2, -0.15) is 5.10 Å². The molecule has 2 heterocycles. The van der Waals surface area contributed by atoms with E-state index in [1.807, 2.05) is 30.6 Å². The van der Waals surface area contributed by atoms with Crippen LogP contribution in [0, 0.1) is 0 Å². The monoisotopic (exact) mass is 198 g/mol. The quantitative estimate of drug-likeness (QED) is 0.627. The van der Waals surface area contributed by atoms with Gasteiger partial charge in [-0.25, -0.2) is 4.68 Å². The Morgan fingerprint density at radius 2 is 2.13 bits per heavy atom. The Labute approximate surface area is 86.3 Å². The van der Waals surface area contributed by atoms with Gasteiger partial charge < -0.3 is 10.7 Å². The number of para-hydroxylation sites is 1. The molecule has 4 nitrogen and oxygen atoms in total. The summed E-state index contributed by atoms with van der Waals surface area (Å²) in [6.07, 6.45) is 3.77. The number of rotatable bonds is 1. The van der Waals surface area contributed by atoms with Gasteiger partial charge in [0.15, 0.2) is 0 Å². The van der Waals surface area contributed by atoms with Crippen LogP contribution in [0.25, 0.3) is 16.6 Å². The lowest BCUT2D eigenvalue weighted by Crippen LogP contribution is -1.96. The van der Waals surface area contributed by atoms with E-state index in [1.54, 1.807) is 10.7 Å². The molecule has 3 aromatic rings. The van der Waals surface area contributed by atoms with E-state index in [-0.39, 0.29) is 0 Å². The van der Waals surface area contributed by atoms with Crippen LogP contribution in [0.4, 0.5) is 5.82 Å². The van der Waals surface area contributed by atoms with Crippen LogP contribution in [-0.2, 0) is 0 Å². The second-order valence-corrected chi connectivity index (χ2v) is 3.40. The number of anilines is 1. The van der Waals surface area contributed by atoms with Crippen molar-refractivity contribution in [2.45, 2.75) is 0 Å². The minimum absolute atomic E-state index is 0.526. The van der Waals surface area contributed by atoms with Crippen LogP contribution in [0.15, 0.2) is 42.7 Å². The fourth-order valence-corrected chi connectivity index (χ4v) is 1.73.